The maximum atomic E-state index is 11.3. The maximum absolute atomic E-state index is 11.3. The lowest BCUT2D eigenvalue weighted by Gasteiger charge is -2.01. The lowest BCUT2D eigenvalue weighted by molar-refractivity contribution is 0.594. The Morgan fingerprint density at radius 2 is 2.29 bits per heavy atom. The zero-order chi connectivity index (χ0) is 10.2. The summed E-state index contributed by atoms with van der Waals surface area (Å²) in [4.78, 5) is 4.87. The van der Waals surface area contributed by atoms with Gasteiger partial charge in [0.15, 0.2) is 5.82 Å². The number of hydrogen-bond acceptors (Lipinski definition) is 4. The van der Waals surface area contributed by atoms with Crippen LogP contribution in [0.25, 0.3) is 10.7 Å². The third-order valence-corrected chi connectivity index (χ3v) is 3.58. The minimum absolute atomic E-state index is 0.475. The number of imidazole rings is 1. The van der Waals surface area contributed by atoms with E-state index in [2.05, 4.69) is 4.98 Å². The van der Waals surface area contributed by atoms with Gasteiger partial charge < -0.3 is 0 Å². The number of thiophene rings is 1. The van der Waals surface area contributed by atoms with Gasteiger partial charge in [-0.3, -0.25) is 0 Å². The molecule has 4 nitrogen and oxygen atoms in total. The minimum atomic E-state index is -3.26. The van der Waals surface area contributed by atoms with Crippen LogP contribution in [0.2, 0.25) is 0 Å². The third-order valence-electron chi connectivity index (χ3n) is 1.71. The Balaban J connectivity index is 2.62. The Labute approximate surface area is 85.9 Å². The predicted octanol–water partition coefficient (Wildman–Crippen LogP) is 1.42. The first-order valence-corrected chi connectivity index (χ1v) is 6.59. The van der Waals surface area contributed by atoms with Crippen molar-refractivity contribution in [3.05, 3.63) is 29.9 Å². The molecule has 0 atom stereocenters. The lowest BCUT2D eigenvalue weighted by Crippen LogP contribution is -2.09. The molecule has 14 heavy (non-hydrogen) atoms. The topological polar surface area (TPSA) is 52.0 Å². The number of rotatable bonds is 2. The highest BCUT2D eigenvalue weighted by atomic mass is 32.2. The predicted molar refractivity (Wildman–Crippen MR) is 55.8 cm³/mol. The smallest absolute Gasteiger partial charge is 0.235 e. The Kier molecular flexibility index (Phi) is 2.16. The van der Waals surface area contributed by atoms with Crippen molar-refractivity contribution in [1.82, 2.24) is 8.96 Å². The number of nitrogens with zero attached hydrogens (tertiary/aromatic N) is 2. The summed E-state index contributed by atoms with van der Waals surface area (Å²) >= 11 is 1.46. The van der Waals surface area contributed by atoms with Crippen molar-refractivity contribution < 1.29 is 8.42 Å². The molecule has 0 saturated heterocycles. The highest BCUT2D eigenvalue weighted by molar-refractivity contribution is 7.89. The van der Waals surface area contributed by atoms with Gasteiger partial charge in [-0.15, -0.1) is 11.3 Å². The molecule has 2 rings (SSSR count). The summed E-state index contributed by atoms with van der Waals surface area (Å²) in [6, 6.07) is 3.70. The molecule has 0 unspecified atom stereocenters. The molecule has 2 heterocycles. The molecule has 0 aliphatic heterocycles. The van der Waals surface area contributed by atoms with Crippen LogP contribution < -0.4 is 0 Å². The van der Waals surface area contributed by atoms with Crippen LogP contribution in [-0.2, 0) is 10.0 Å². The monoisotopic (exact) mass is 228 g/mol. The van der Waals surface area contributed by atoms with E-state index in [1.807, 2.05) is 17.5 Å². The Hall–Kier alpha value is -1.14. The highest BCUT2D eigenvalue weighted by Gasteiger charge is 2.13. The fraction of sp³-hybridized carbons (Fsp3) is 0.125. The first-order valence-electron chi connectivity index (χ1n) is 3.87. The standard InChI is InChI=1S/C8H8N2O2S2/c1-14(11,12)10-5-4-9-8(10)7-3-2-6-13-7/h2-6H,1H3. The SMILES string of the molecule is CS(=O)(=O)n1ccnc1-c1cccs1. The Bertz CT molecular complexity index is 525. The van der Waals surface area contributed by atoms with Gasteiger partial charge in [0.05, 0.1) is 11.1 Å². The molecular formula is C8H8N2O2S2. The molecule has 2 aromatic heterocycles. The normalized spacial score (nSPS) is 11.8. The zero-order valence-corrected chi connectivity index (χ0v) is 9.05. The van der Waals surface area contributed by atoms with Crippen LogP contribution in [-0.4, -0.2) is 23.6 Å². The van der Waals surface area contributed by atoms with Gasteiger partial charge in [-0.25, -0.2) is 17.4 Å². The van der Waals surface area contributed by atoms with E-state index in [1.54, 1.807) is 0 Å². The Morgan fingerprint density at radius 3 is 2.86 bits per heavy atom. The maximum Gasteiger partial charge on any atom is 0.237 e. The minimum Gasteiger partial charge on any atom is -0.235 e. The van der Waals surface area contributed by atoms with Crippen molar-refractivity contribution in [2.24, 2.45) is 0 Å². The summed E-state index contributed by atoms with van der Waals surface area (Å²) in [5, 5.41) is 1.89. The second kappa shape index (κ2) is 3.21. The second-order valence-electron chi connectivity index (χ2n) is 2.79. The molecule has 0 bridgehead atoms. The fourth-order valence-corrected chi connectivity index (χ4v) is 2.65. The average molecular weight is 228 g/mol. The summed E-state index contributed by atoms with van der Waals surface area (Å²) in [5.74, 6) is 0.475. The molecule has 0 aromatic carbocycles. The van der Waals surface area contributed by atoms with Crippen LogP contribution in [0.1, 0.15) is 0 Å². The van der Waals surface area contributed by atoms with Crippen molar-refractivity contribution in [3.8, 4) is 10.7 Å². The van der Waals surface area contributed by atoms with E-state index in [9.17, 15) is 8.42 Å². The Morgan fingerprint density at radius 1 is 1.50 bits per heavy atom. The molecule has 0 saturated carbocycles. The first-order chi connectivity index (χ1) is 6.59. The molecule has 2 aromatic rings. The van der Waals surface area contributed by atoms with Gasteiger partial charge in [0.25, 0.3) is 0 Å². The van der Waals surface area contributed by atoms with E-state index >= 15 is 0 Å². The molecule has 0 aliphatic rings. The molecule has 0 spiro atoms. The van der Waals surface area contributed by atoms with E-state index in [0.717, 1.165) is 11.1 Å². The van der Waals surface area contributed by atoms with E-state index in [4.69, 9.17) is 0 Å². The van der Waals surface area contributed by atoms with Crippen molar-refractivity contribution >= 4 is 21.4 Å². The molecule has 0 radical (unpaired) electrons. The average Bonchev–Trinajstić information content (AvgIpc) is 2.73. The second-order valence-corrected chi connectivity index (χ2v) is 5.59. The summed E-state index contributed by atoms with van der Waals surface area (Å²) in [6.45, 7) is 0. The van der Waals surface area contributed by atoms with E-state index in [1.165, 1.54) is 27.7 Å². The van der Waals surface area contributed by atoms with E-state index in [-0.39, 0.29) is 0 Å². The molecule has 0 N–H and O–H groups in total. The van der Waals surface area contributed by atoms with E-state index < -0.39 is 10.0 Å². The van der Waals surface area contributed by atoms with Gasteiger partial charge in [0, 0.05) is 12.4 Å². The van der Waals surface area contributed by atoms with Crippen molar-refractivity contribution in [2.45, 2.75) is 0 Å². The van der Waals surface area contributed by atoms with E-state index in [0.29, 0.717) is 5.82 Å². The van der Waals surface area contributed by atoms with Gasteiger partial charge in [-0.2, -0.15) is 0 Å². The summed E-state index contributed by atoms with van der Waals surface area (Å²) in [5.41, 5.74) is 0. The first kappa shape index (κ1) is 9.42. The van der Waals surface area contributed by atoms with Crippen LogP contribution in [0.15, 0.2) is 29.9 Å². The van der Waals surface area contributed by atoms with Gasteiger partial charge in [0.1, 0.15) is 0 Å². The van der Waals surface area contributed by atoms with Crippen molar-refractivity contribution in [3.63, 3.8) is 0 Å². The number of aromatic nitrogens is 2. The number of hydrogen-bond donors (Lipinski definition) is 0. The largest absolute Gasteiger partial charge is 0.237 e. The van der Waals surface area contributed by atoms with Crippen molar-refractivity contribution in [2.75, 3.05) is 6.26 Å². The fourth-order valence-electron chi connectivity index (χ4n) is 1.14. The van der Waals surface area contributed by atoms with Gasteiger partial charge in [-0.05, 0) is 11.4 Å². The molecule has 6 heteroatoms. The van der Waals surface area contributed by atoms with Crippen LogP contribution in [0.3, 0.4) is 0 Å². The van der Waals surface area contributed by atoms with Crippen LogP contribution in [0.5, 0.6) is 0 Å². The zero-order valence-electron chi connectivity index (χ0n) is 7.41. The van der Waals surface area contributed by atoms with Crippen LogP contribution in [0.4, 0.5) is 0 Å². The van der Waals surface area contributed by atoms with Gasteiger partial charge in [-0.1, -0.05) is 6.07 Å². The van der Waals surface area contributed by atoms with Crippen LogP contribution in [0, 0.1) is 0 Å². The summed E-state index contributed by atoms with van der Waals surface area (Å²) in [7, 11) is -3.26. The quantitative estimate of drug-likeness (QED) is 0.781. The van der Waals surface area contributed by atoms with Crippen molar-refractivity contribution in [1.29, 1.82) is 0 Å². The molecule has 0 aliphatic carbocycles. The van der Waals surface area contributed by atoms with Gasteiger partial charge >= 0.3 is 0 Å². The molecular weight excluding hydrogens is 220 g/mol. The summed E-state index contributed by atoms with van der Waals surface area (Å²) in [6.07, 6.45) is 4.09. The van der Waals surface area contributed by atoms with Crippen LogP contribution >= 0.6 is 11.3 Å². The third kappa shape index (κ3) is 1.58. The van der Waals surface area contributed by atoms with Gasteiger partial charge in [0.2, 0.25) is 10.0 Å². The molecule has 74 valence electrons. The lowest BCUT2D eigenvalue weighted by atomic mass is 10.4. The summed E-state index contributed by atoms with van der Waals surface area (Å²) < 4.78 is 23.9. The molecule has 0 fully saturated rings. The molecule has 0 amide bonds. The highest BCUT2D eigenvalue weighted by Crippen LogP contribution is 2.23.